The third kappa shape index (κ3) is 1.93. The number of fused-ring (bicyclic) bond motifs is 1. The summed E-state index contributed by atoms with van der Waals surface area (Å²) in [6, 6.07) is 5.52. The summed E-state index contributed by atoms with van der Waals surface area (Å²) < 4.78 is 26.4. The Morgan fingerprint density at radius 3 is 2.65 bits per heavy atom. The minimum absolute atomic E-state index is 0.108. The van der Waals surface area contributed by atoms with Crippen LogP contribution in [0.4, 0.5) is 20.3 Å². The molecule has 1 aromatic carbocycles. The van der Waals surface area contributed by atoms with E-state index in [9.17, 15) is 8.78 Å². The topological polar surface area (TPSA) is 79.6 Å². The monoisotopic (exact) mass is 275 g/mol. The van der Waals surface area contributed by atoms with Crippen LogP contribution in [-0.2, 0) is 0 Å². The lowest BCUT2D eigenvalue weighted by atomic mass is 10.1. The number of pyridine rings is 1. The molecule has 0 fully saturated rings. The van der Waals surface area contributed by atoms with Gasteiger partial charge in [0.1, 0.15) is 11.6 Å². The molecule has 0 atom stereocenters. The molecule has 20 heavy (non-hydrogen) atoms. The highest BCUT2D eigenvalue weighted by Crippen LogP contribution is 2.27. The predicted molar refractivity (Wildman–Crippen MR) is 73.2 cm³/mol. The van der Waals surface area contributed by atoms with Gasteiger partial charge in [0.2, 0.25) is 0 Å². The predicted octanol–water partition coefficient (Wildman–Crippen LogP) is 2.53. The largest absolute Gasteiger partial charge is 0.398 e. The van der Waals surface area contributed by atoms with Crippen molar-refractivity contribution in [2.45, 2.75) is 0 Å². The van der Waals surface area contributed by atoms with Gasteiger partial charge in [0, 0.05) is 24.4 Å². The molecule has 5 nitrogen and oxygen atoms in total. The minimum atomic E-state index is -0.988. The highest BCUT2D eigenvalue weighted by atomic mass is 19.2. The molecule has 7 heteroatoms. The Morgan fingerprint density at radius 1 is 1.15 bits per heavy atom. The van der Waals surface area contributed by atoms with E-state index in [1.165, 1.54) is 0 Å². The molecule has 0 saturated carbocycles. The average molecular weight is 275 g/mol. The van der Waals surface area contributed by atoms with E-state index in [0.29, 0.717) is 28.4 Å². The molecule has 3 aromatic rings. The van der Waals surface area contributed by atoms with Crippen molar-refractivity contribution in [3.05, 3.63) is 35.9 Å². The lowest BCUT2D eigenvalue weighted by Crippen LogP contribution is -1.95. The smallest absolute Gasteiger partial charge is 0.180 e. The first-order valence-corrected chi connectivity index (χ1v) is 5.88. The Morgan fingerprint density at radius 2 is 1.90 bits per heavy atom. The first-order chi connectivity index (χ1) is 9.58. The van der Waals surface area contributed by atoms with Crippen molar-refractivity contribution in [3.8, 4) is 11.4 Å². The number of hydrogen-bond donors (Lipinski definition) is 3. The molecular weight excluding hydrogens is 264 g/mol. The number of nitrogens with one attached hydrogen (secondary N) is 2. The molecule has 4 N–H and O–H groups in total. The summed E-state index contributed by atoms with van der Waals surface area (Å²) in [4.78, 5) is 11.5. The molecule has 0 spiro atoms. The Bertz CT molecular complexity index is 797. The van der Waals surface area contributed by atoms with E-state index in [4.69, 9.17) is 5.73 Å². The second-order valence-corrected chi connectivity index (χ2v) is 4.26. The number of aromatic nitrogens is 3. The maximum absolute atomic E-state index is 13.3. The lowest BCUT2D eigenvalue weighted by Gasteiger charge is -2.03. The Kier molecular flexibility index (Phi) is 2.74. The van der Waals surface area contributed by atoms with Crippen LogP contribution in [0.5, 0.6) is 0 Å². The van der Waals surface area contributed by atoms with Gasteiger partial charge in [-0.2, -0.15) is 0 Å². The number of nitrogens with two attached hydrogens (primary N) is 1. The quantitative estimate of drug-likeness (QED) is 0.628. The van der Waals surface area contributed by atoms with Crippen LogP contribution in [0, 0.1) is 11.6 Å². The molecular formula is C13H11F2N5. The molecule has 0 aliphatic carbocycles. The fourth-order valence-electron chi connectivity index (χ4n) is 1.93. The van der Waals surface area contributed by atoms with Gasteiger partial charge in [-0.1, -0.05) is 0 Å². The van der Waals surface area contributed by atoms with E-state index in [-0.39, 0.29) is 5.69 Å². The number of imidazole rings is 1. The third-order valence-corrected chi connectivity index (χ3v) is 2.95. The van der Waals surface area contributed by atoms with Gasteiger partial charge in [-0.3, -0.25) is 0 Å². The van der Waals surface area contributed by atoms with Gasteiger partial charge in [0.25, 0.3) is 0 Å². The number of hydrogen-bond acceptors (Lipinski definition) is 4. The molecule has 2 heterocycles. The molecule has 2 aromatic heterocycles. The Hall–Kier alpha value is -2.70. The Labute approximate surface area is 112 Å². The van der Waals surface area contributed by atoms with Crippen LogP contribution >= 0.6 is 0 Å². The normalized spacial score (nSPS) is 10.9. The number of aromatic amines is 1. The highest BCUT2D eigenvalue weighted by molar-refractivity contribution is 5.81. The van der Waals surface area contributed by atoms with Crippen molar-refractivity contribution in [2.24, 2.45) is 0 Å². The van der Waals surface area contributed by atoms with Crippen LogP contribution < -0.4 is 11.1 Å². The number of benzene rings is 1. The summed E-state index contributed by atoms with van der Waals surface area (Å²) in [5.41, 5.74) is 7.26. The van der Waals surface area contributed by atoms with E-state index >= 15 is 0 Å². The van der Waals surface area contributed by atoms with Gasteiger partial charge in [-0.25, -0.2) is 18.7 Å². The van der Waals surface area contributed by atoms with Crippen molar-refractivity contribution in [3.63, 3.8) is 0 Å². The number of H-pyrrole nitrogens is 1. The summed E-state index contributed by atoms with van der Waals surface area (Å²) in [5.74, 6) is -0.956. The summed E-state index contributed by atoms with van der Waals surface area (Å²) in [7, 11) is 1.75. The fourth-order valence-corrected chi connectivity index (χ4v) is 1.93. The van der Waals surface area contributed by atoms with Crippen LogP contribution in [-0.4, -0.2) is 22.0 Å². The first-order valence-electron chi connectivity index (χ1n) is 5.88. The maximum Gasteiger partial charge on any atom is 0.180 e. The van der Waals surface area contributed by atoms with Gasteiger partial charge in [0.05, 0.1) is 5.52 Å². The summed E-state index contributed by atoms with van der Waals surface area (Å²) in [5, 5.41) is 2.90. The van der Waals surface area contributed by atoms with Crippen LogP contribution in [0.2, 0.25) is 0 Å². The number of rotatable bonds is 2. The molecule has 0 aliphatic rings. The molecule has 0 amide bonds. The number of nitrogens with zero attached hydrogens (tertiary/aromatic N) is 2. The molecule has 0 unspecified atom stereocenters. The second kappa shape index (κ2) is 4.44. The first kappa shape index (κ1) is 12.3. The van der Waals surface area contributed by atoms with E-state index in [0.717, 1.165) is 12.1 Å². The third-order valence-electron chi connectivity index (χ3n) is 2.95. The second-order valence-electron chi connectivity index (χ2n) is 4.26. The SMILES string of the molecule is CNc1ccc2[nH]c(-c3cc(F)c(F)cc3N)nc2n1. The Balaban J connectivity index is 2.17. The maximum atomic E-state index is 13.3. The van der Waals surface area contributed by atoms with E-state index in [2.05, 4.69) is 20.3 Å². The summed E-state index contributed by atoms with van der Waals surface area (Å²) >= 11 is 0. The minimum Gasteiger partial charge on any atom is -0.398 e. The van der Waals surface area contributed by atoms with Gasteiger partial charge < -0.3 is 16.0 Å². The van der Waals surface area contributed by atoms with E-state index < -0.39 is 11.6 Å². The van der Waals surface area contributed by atoms with Crippen molar-refractivity contribution in [2.75, 3.05) is 18.1 Å². The standard InChI is InChI=1S/C13H11F2N5/c1-17-11-3-2-10-13(19-11)20-12(18-10)6-4-7(14)8(15)5-9(6)16/h2-5H,16H2,1H3,(H2,17,18,19,20). The molecule has 0 saturated heterocycles. The molecule has 0 bridgehead atoms. The van der Waals surface area contributed by atoms with Crippen LogP contribution in [0.1, 0.15) is 0 Å². The van der Waals surface area contributed by atoms with Gasteiger partial charge >= 0.3 is 0 Å². The molecule has 0 radical (unpaired) electrons. The van der Waals surface area contributed by atoms with Gasteiger partial charge in [-0.15, -0.1) is 0 Å². The van der Waals surface area contributed by atoms with Crippen LogP contribution in [0.25, 0.3) is 22.6 Å². The average Bonchev–Trinajstić information content (AvgIpc) is 2.85. The number of anilines is 2. The van der Waals surface area contributed by atoms with Crippen molar-refractivity contribution in [1.82, 2.24) is 15.0 Å². The highest BCUT2D eigenvalue weighted by Gasteiger charge is 2.13. The zero-order valence-corrected chi connectivity index (χ0v) is 10.5. The van der Waals surface area contributed by atoms with Crippen molar-refractivity contribution < 1.29 is 8.78 Å². The zero-order chi connectivity index (χ0) is 14.3. The lowest BCUT2D eigenvalue weighted by molar-refractivity contribution is 0.509. The van der Waals surface area contributed by atoms with Crippen LogP contribution in [0.3, 0.4) is 0 Å². The molecule has 3 rings (SSSR count). The van der Waals surface area contributed by atoms with Gasteiger partial charge in [-0.05, 0) is 18.2 Å². The number of halogens is 2. The van der Waals surface area contributed by atoms with Gasteiger partial charge in [0.15, 0.2) is 17.3 Å². The van der Waals surface area contributed by atoms with E-state index in [1.54, 1.807) is 19.2 Å². The van der Waals surface area contributed by atoms with Crippen LogP contribution in [0.15, 0.2) is 24.3 Å². The zero-order valence-electron chi connectivity index (χ0n) is 10.5. The fraction of sp³-hybridized carbons (Fsp3) is 0.0769. The van der Waals surface area contributed by atoms with Crippen molar-refractivity contribution in [1.29, 1.82) is 0 Å². The summed E-state index contributed by atoms with van der Waals surface area (Å²) in [6.07, 6.45) is 0. The van der Waals surface area contributed by atoms with E-state index in [1.807, 2.05) is 0 Å². The summed E-state index contributed by atoms with van der Waals surface area (Å²) in [6.45, 7) is 0. The number of nitrogen functional groups attached to an aromatic ring is 1. The molecule has 102 valence electrons. The van der Waals surface area contributed by atoms with Crippen molar-refractivity contribution >= 4 is 22.7 Å². The molecule has 0 aliphatic heterocycles.